The highest BCUT2D eigenvalue weighted by atomic mass is 16.5. The number of likely N-dealkylation sites (tertiary alicyclic amines) is 1. The van der Waals surface area contributed by atoms with Gasteiger partial charge in [0, 0.05) is 31.2 Å². The van der Waals surface area contributed by atoms with Gasteiger partial charge in [-0.1, -0.05) is 12.1 Å². The summed E-state index contributed by atoms with van der Waals surface area (Å²) in [7, 11) is 1.59. The number of para-hydroxylation sites is 2. The molecule has 1 N–H and O–H groups in total. The van der Waals surface area contributed by atoms with Gasteiger partial charge in [-0.05, 0) is 48.7 Å². The van der Waals surface area contributed by atoms with Gasteiger partial charge in [-0.3, -0.25) is 4.79 Å². The number of methoxy groups -OCH3 is 1. The van der Waals surface area contributed by atoms with Gasteiger partial charge in [0.05, 0.1) is 24.6 Å². The number of furan rings is 1. The standard InChI is InChI=1S/C23H23N3O4/c1-29-21-6-3-2-5-18(21)24-23(28)25-12-15-11-16(14-25)19-9-8-17(20-7-4-10-30-20)22(27)26(19)13-15/h2-10,15-16H,11-14H2,1H3,(H,24,28). The molecular weight excluding hydrogens is 382 g/mol. The van der Waals surface area contributed by atoms with E-state index in [0.29, 0.717) is 42.4 Å². The van der Waals surface area contributed by atoms with Gasteiger partial charge in [0.15, 0.2) is 0 Å². The van der Waals surface area contributed by atoms with Gasteiger partial charge in [-0.2, -0.15) is 0 Å². The normalized spacial score (nSPS) is 19.8. The number of piperidine rings is 1. The molecule has 2 aromatic heterocycles. The number of amides is 2. The van der Waals surface area contributed by atoms with Crippen molar-refractivity contribution in [1.82, 2.24) is 9.47 Å². The Bertz CT molecular complexity index is 1140. The minimum atomic E-state index is -0.141. The predicted octanol–water partition coefficient (Wildman–Crippen LogP) is 3.77. The number of anilines is 1. The van der Waals surface area contributed by atoms with Crippen molar-refractivity contribution in [3.05, 3.63) is 70.8 Å². The van der Waals surface area contributed by atoms with Gasteiger partial charge in [0.1, 0.15) is 11.5 Å². The summed E-state index contributed by atoms with van der Waals surface area (Å²) >= 11 is 0. The molecule has 2 aliphatic rings. The van der Waals surface area contributed by atoms with Crippen LogP contribution in [0.25, 0.3) is 11.3 Å². The second kappa shape index (κ2) is 7.40. The molecule has 0 spiro atoms. The van der Waals surface area contributed by atoms with Gasteiger partial charge >= 0.3 is 6.03 Å². The average Bonchev–Trinajstić information content (AvgIpc) is 3.29. The highest BCUT2D eigenvalue weighted by Crippen LogP contribution is 2.36. The van der Waals surface area contributed by atoms with Crippen LogP contribution in [0, 0.1) is 5.92 Å². The Morgan fingerprint density at radius 2 is 1.97 bits per heavy atom. The Kier molecular flexibility index (Phi) is 4.58. The molecule has 4 heterocycles. The summed E-state index contributed by atoms with van der Waals surface area (Å²) in [5.41, 5.74) is 2.19. The van der Waals surface area contributed by atoms with E-state index in [9.17, 15) is 9.59 Å². The molecule has 0 aliphatic carbocycles. The molecule has 7 heteroatoms. The smallest absolute Gasteiger partial charge is 0.321 e. The summed E-state index contributed by atoms with van der Waals surface area (Å²) in [4.78, 5) is 27.8. The van der Waals surface area contributed by atoms with E-state index in [1.54, 1.807) is 25.5 Å². The zero-order valence-electron chi connectivity index (χ0n) is 16.7. The van der Waals surface area contributed by atoms with Gasteiger partial charge in [0.2, 0.25) is 0 Å². The van der Waals surface area contributed by atoms with Gasteiger partial charge in [-0.15, -0.1) is 0 Å². The number of hydrogen-bond acceptors (Lipinski definition) is 4. The van der Waals surface area contributed by atoms with E-state index >= 15 is 0 Å². The molecule has 7 nitrogen and oxygen atoms in total. The SMILES string of the molecule is COc1ccccc1NC(=O)N1CC2CC(C1)c1ccc(-c3ccco3)c(=O)n1C2. The van der Waals surface area contributed by atoms with Crippen molar-refractivity contribution < 1.29 is 13.9 Å². The van der Waals surface area contributed by atoms with Crippen LogP contribution in [0.1, 0.15) is 18.0 Å². The molecule has 2 unspecified atom stereocenters. The number of rotatable bonds is 3. The lowest BCUT2D eigenvalue weighted by Gasteiger charge is -2.42. The van der Waals surface area contributed by atoms with Crippen LogP contribution in [0.2, 0.25) is 0 Å². The summed E-state index contributed by atoms with van der Waals surface area (Å²) in [5.74, 6) is 1.60. The van der Waals surface area contributed by atoms with E-state index in [0.717, 1.165) is 12.1 Å². The highest BCUT2D eigenvalue weighted by Gasteiger charge is 2.37. The van der Waals surface area contributed by atoms with Crippen LogP contribution in [-0.4, -0.2) is 35.7 Å². The van der Waals surface area contributed by atoms with Crippen molar-refractivity contribution in [2.24, 2.45) is 5.92 Å². The lowest BCUT2D eigenvalue weighted by molar-refractivity contribution is 0.139. The molecule has 5 rings (SSSR count). The molecule has 2 aliphatic heterocycles. The molecular formula is C23H23N3O4. The monoisotopic (exact) mass is 405 g/mol. The zero-order valence-corrected chi connectivity index (χ0v) is 16.7. The molecule has 0 radical (unpaired) electrons. The number of fused-ring (bicyclic) bond motifs is 4. The van der Waals surface area contributed by atoms with Crippen LogP contribution >= 0.6 is 0 Å². The summed E-state index contributed by atoms with van der Waals surface area (Å²) in [6.07, 6.45) is 2.56. The number of nitrogens with zero attached hydrogens (tertiary/aromatic N) is 2. The number of carbonyl (C=O) groups is 1. The largest absolute Gasteiger partial charge is 0.495 e. The predicted molar refractivity (Wildman–Crippen MR) is 113 cm³/mol. The quantitative estimate of drug-likeness (QED) is 0.720. The molecule has 2 amide bonds. The summed E-state index contributed by atoms with van der Waals surface area (Å²) in [6, 6.07) is 14.7. The average molecular weight is 405 g/mol. The van der Waals surface area contributed by atoms with Crippen molar-refractivity contribution in [2.75, 3.05) is 25.5 Å². The first-order valence-corrected chi connectivity index (χ1v) is 10.1. The second-order valence-corrected chi connectivity index (χ2v) is 7.90. The van der Waals surface area contributed by atoms with Gasteiger partial charge in [0.25, 0.3) is 5.56 Å². The molecule has 1 aromatic carbocycles. The molecule has 0 saturated carbocycles. The minimum absolute atomic E-state index is 0.0240. The maximum atomic E-state index is 13.1. The van der Waals surface area contributed by atoms with Crippen LogP contribution in [-0.2, 0) is 6.54 Å². The van der Waals surface area contributed by atoms with E-state index in [1.807, 2.05) is 45.9 Å². The van der Waals surface area contributed by atoms with Crippen LogP contribution < -0.4 is 15.6 Å². The fraction of sp³-hybridized carbons (Fsp3) is 0.304. The van der Waals surface area contributed by atoms with Crippen molar-refractivity contribution in [1.29, 1.82) is 0 Å². The fourth-order valence-corrected chi connectivity index (χ4v) is 4.67. The molecule has 2 atom stereocenters. The van der Waals surface area contributed by atoms with E-state index in [4.69, 9.17) is 9.15 Å². The molecule has 154 valence electrons. The number of pyridine rings is 1. The number of carbonyl (C=O) groups excluding carboxylic acids is 1. The molecule has 30 heavy (non-hydrogen) atoms. The van der Waals surface area contributed by atoms with Crippen molar-refractivity contribution in [3.63, 3.8) is 0 Å². The van der Waals surface area contributed by atoms with Gasteiger partial charge in [-0.25, -0.2) is 4.79 Å². The third-order valence-corrected chi connectivity index (χ3v) is 6.03. The number of hydrogen-bond donors (Lipinski definition) is 1. The topological polar surface area (TPSA) is 76.7 Å². The third kappa shape index (κ3) is 3.16. The van der Waals surface area contributed by atoms with Crippen molar-refractivity contribution >= 4 is 11.7 Å². The molecule has 1 fully saturated rings. The maximum absolute atomic E-state index is 13.1. The highest BCUT2D eigenvalue weighted by molar-refractivity contribution is 5.91. The summed E-state index contributed by atoms with van der Waals surface area (Å²) in [5, 5.41) is 2.96. The Balaban J connectivity index is 1.39. The minimum Gasteiger partial charge on any atom is -0.495 e. The lowest BCUT2D eigenvalue weighted by atomic mass is 9.83. The number of aromatic nitrogens is 1. The van der Waals surface area contributed by atoms with Gasteiger partial charge < -0.3 is 23.9 Å². The fourth-order valence-electron chi connectivity index (χ4n) is 4.67. The van der Waals surface area contributed by atoms with Crippen LogP contribution in [0.5, 0.6) is 5.75 Å². The Hall–Kier alpha value is -3.48. The van der Waals surface area contributed by atoms with Crippen LogP contribution in [0.4, 0.5) is 10.5 Å². The summed E-state index contributed by atoms with van der Waals surface area (Å²) < 4.78 is 12.6. The Morgan fingerprint density at radius 1 is 1.10 bits per heavy atom. The van der Waals surface area contributed by atoms with E-state index in [1.165, 1.54) is 0 Å². The summed E-state index contributed by atoms with van der Waals surface area (Å²) in [6.45, 7) is 1.81. The molecule has 2 bridgehead atoms. The van der Waals surface area contributed by atoms with Crippen molar-refractivity contribution in [3.8, 4) is 17.1 Å². The molecule has 3 aromatic rings. The first kappa shape index (κ1) is 18.5. The number of benzene rings is 1. The zero-order chi connectivity index (χ0) is 20.7. The van der Waals surface area contributed by atoms with Crippen LogP contribution in [0.3, 0.4) is 0 Å². The lowest BCUT2D eigenvalue weighted by Crippen LogP contribution is -2.50. The molecule has 1 saturated heterocycles. The van der Waals surface area contributed by atoms with Crippen LogP contribution in [0.15, 0.2) is 64.0 Å². The Morgan fingerprint density at radius 3 is 2.77 bits per heavy atom. The van der Waals surface area contributed by atoms with Crippen molar-refractivity contribution in [2.45, 2.75) is 18.9 Å². The first-order valence-electron chi connectivity index (χ1n) is 10.1. The Labute approximate surface area is 173 Å². The number of nitrogens with one attached hydrogen (secondary N) is 1. The first-order chi connectivity index (χ1) is 14.6. The second-order valence-electron chi connectivity index (χ2n) is 7.90. The number of ether oxygens (including phenoxy) is 1. The third-order valence-electron chi connectivity index (χ3n) is 6.03. The van der Waals surface area contributed by atoms with E-state index < -0.39 is 0 Å². The maximum Gasteiger partial charge on any atom is 0.321 e. The van der Waals surface area contributed by atoms with E-state index in [2.05, 4.69) is 5.32 Å². The number of urea groups is 1. The van der Waals surface area contributed by atoms with E-state index in [-0.39, 0.29) is 23.4 Å².